The zero-order chi connectivity index (χ0) is 23.3. The molecule has 0 heterocycles. The fourth-order valence-electron chi connectivity index (χ4n) is 2.05. The molecule has 2 atom stereocenters. The van der Waals surface area contributed by atoms with E-state index in [1.165, 1.54) is 28.4 Å². The van der Waals surface area contributed by atoms with E-state index in [-0.39, 0.29) is 26.4 Å². The molecule has 0 aliphatic heterocycles. The van der Waals surface area contributed by atoms with Gasteiger partial charge in [-0.25, -0.2) is 9.59 Å². The van der Waals surface area contributed by atoms with Crippen LogP contribution >= 0.6 is 0 Å². The average molecular weight is 446 g/mol. The molecule has 1 N–H and O–H groups in total. The van der Waals surface area contributed by atoms with Crippen molar-refractivity contribution in [2.75, 3.05) is 68.1 Å². The van der Waals surface area contributed by atoms with E-state index in [0.29, 0.717) is 19.8 Å². The lowest BCUT2D eigenvalue weighted by Gasteiger charge is -2.13. The summed E-state index contributed by atoms with van der Waals surface area (Å²) in [5.74, 6) is -0.914. The maximum Gasteiger partial charge on any atom is 0.337 e. The average Bonchev–Trinajstić information content (AvgIpc) is 2.81. The van der Waals surface area contributed by atoms with E-state index in [1.807, 2.05) is 30.3 Å². The molecule has 0 aliphatic rings. The molecule has 10 heteroatoms. The molecule has 0 saturated carbocycles. The number of aliphatic hydroxyl groups excluding tert-OH is 1. The van der Waals surface area contributed by atoms with Crippen LogP contribution in [0.2, 0.25) is 0 Å². The van der Waals surface area contributed by atoms with Gasteiger partial charge in [-0.1, -0.05) is 30.3 Å². The number of esters is 2. The third kappa shape index (κ3) is 14.5. The Hall–Kier alpha value is -2.08. The molecule has 0 saturated heterocycles. The number of aliphatic hydroxyl groups is 1. The number of carbonyl (C=O) groups excluding carboxylic acids is 2. The number of rotatable bonds is 15. The summed E-state index contributed by atoms with van der Waals surface area (Å²) in [7, 11) is 5.43. The van der Waals surface area contributed by atoms with Crippen molar-refractivity contribution in [3.8, 4) is 0 Å². The zero-order valence-corrected chi connectivity index (χ0v) is 18.6. The van der Waals surface area contributed by atoms with Crippen LogP contribution in [0, 0.1) is 0 Å². The summed E-state index contributed by atoms with van der Waals surface area (Å²) in [5.41, 5.74) is 1.12. The summed E-state index contributed by atoms with van der Waals surface area (Å²) < 4.78 is 34.3. The van der Waals surface area contributed by atoms with E-state index in [2.05, 4.69) is 9.47 Å². The third-order valence-electron chi connectivity index (χ3n) is 3.75. The Morgan fingerprint density at radius 3 is 1.71 bits per heavy atom. The van der Waals surface area contributed by atoms with Gasteiger partial charge in [0.25, 0.3) is 0 Å². The van der Waals surface area contributed by atoms with Gasteiger partial charge in [0.15, 0.2) is 12.2 Å². The second-order valence-corrected chi connectivity index (χ2v) is 5.91. The second-order valence-electron chi connectivity index (χ2n) is 5.91. The van der Waals surface area contributed by atoms with Crippen LogP contribution in [-0.2, 0) is 49.4 Å². The van der Waals surface area contributed by atoms with Gasteiger partial charge in [-0.05, 0) is 5.56 Å². The highest BCUT2D eigenvalue weighted by atomic mass is 16.6. The minimum Gasteiger partial charge on any atom is -0.467 e. The number of carbonyl (C=O) groups is 2. The van der Waals surface area contributed by atoms with Crippen LogP contribution in [-0.4, -0.2) is 97.3 Å². The Kier molecular flexibility index (Phi) is 18.5. The summed E-state index contributed by atoms with van der Waals surface area (Å²) in [6, 6.07) is 9.89. The van der Waals surface area contributed by atoms with E-state index >= 15 is 0 Å². The number of hydrogen-bond acceptors (Lipinski definition) is 10. The Balaban J connectivity index is 0.000000649. The molecule has 0 aliphatic carbocycles. The van der Waals surface area contributed by atoms with Crippen molar-refractivity contribution >= 4 is 11.9 Å². The van der Waals surface area contributed by atoms with Crippen molar-refractivity contribution in [3.63, 3.8) is 0 Å². The molecular weight excluding hydrogens is 412 g/mol. The number of hydrogen-bond donors (Lipinski definition) is 1. The molecule has 178 valence electrons. The minimum atomic E-state index is -0.707. The van der Waals surface area contributed by atoms with E-state index in [4.69, 9.17) is 28.8 Å². The van der Waals surface area contributed by atoms with Crippen LogP contribution in [0.25, 0.3) is 0 Å². The second kappa shape index (κ2) is 19.9. The van der Waals surface area contributed by atoms with E-state index < -0.39 is 24.1 Å². The molecule has 2 unspecified atom stereocenters. The molecule has 0 amide bonds. The summed E-state index contributed by atoms with van der Waals surface area (Å²) in [6.07, 6.45) is -1.39. The molecule has 0 bridgehead atoms. The SMILES string of the molecule is COC(=O)C(COCCO)OC.COC(=O)C(COCCOCc1ccccc1)OC. The Morgan fingerprint density at radius 1 is 0.774 bits per heavy atom. The third-order valence-corrected chi connectivity index (χ3v) is 3.75. The summed E-state index contributed by atoms with van der Waals surface area (Å²) >= 11 is 0. The molecule has 31 heavy (non-hydrogen) atoms. The topological polar surface area (TPSA) is 119 Å². The fraction of sp³-hybridized carbons (Fsp3) is 0.619. The van der Waals surface area contributed by atoms with Gasteiger partial charge in [-0.2, -0.15) is 0 Å². The highest BCUT2D eigenvalue weighted by Crippen LogP contribution is 2.00. The first kappa shape index (κ1) is 28.9. The van der Waals surface area contributed by atoms with Crippen LogP contribution in [0.1, 0.15) is 5.56 Å². The molecule has 1 rings (SSSR count). The lowest BCUT2D eigenvalue weighted by molar-refractivity contribution is -0.157. The fourth-order valence-corrected chi connectivity index (χ4v) is 2.05. The molecule has 0 radical (unpaired) electrons. The summed E-state index contributed by atoms with van der Waals surface area (Å²) in [4.78, 5) is 22.0. The molecule has 10 nitrogen and oxygen atoms in total. The van der Waals surface area contributed by atoms with Gasteiger partial charge in [0.1, 0.15) is 0 Å². The normalized spacial score (nSPS) is 12.3. The molecule has 0 aromatic heterocycles. The summed E-state index contributed by atoms with van der Waals surface area (Å²) in [5, 5.41) is 8.37. The molecule has 0 spiro atoms. The van der Waals surface area contributed by atoms with Gasteiger partial charge in [0.2, 0.25) is 0 Å². The lowest BCUT2D eigenvalue weighted by Crippen LogP contribution is -2.30. The number of benzene rings is 1. The highest BCUT2D eigenvalue weighted by molar-refractivity contribution is 5.74. The molecule has 1 aromatic carbocycles. The smallest absolute Gasteiger partial charge is 0.337 e. The largest absolute Gasteiger partial charge is 0.467 e. The molecular formula is C21H34O10. The Morgan fingerprint density at radius 2 is 1.26 bits per heavy atom. The first-order valence-corrected chi connectivity index (χ1v) is 9.63. The van der Waals surface area contributed by atoms with Crippen molar-refractivity contribution in [1.29, 1.82) is 0 Å². The van der Waals surface area contributed by atoms with Crippen LogP contribution in [0.15, 0.2) is 30.3 Å². The van der Waals surface area contributed by atoms with Gasteiger partial charge in [-0.3, -0.25) is 0 Å². The molecule has 0 fully saturated rings. The monoisotopic (exact) mass is 446 g/mol. The van der Waals surface area contributed by atoms with Gasteiger partial charge in [0, 0.05) is 14.2 Å². The van der Waals surface area contributed by atoms with Crippen molar-refractivity contribution < 1.29 is 47.9 Å². The summed E-state index contributed by atoms with van der Waals surface area (Å²) in [6.45, 7) is 1.81. The lowest BCUT2D eigenvalue weighted by atomic mass is 10.2. The van der Waals surface area contributed by atoms with Crippen LogP contribution in [0.5, 0.6) is 0 Å². The van der Waals surface area contributed by atoms with Crippen LogP contribution in [0.3, 0.4) is 0 Å². The van der Waals surface area contributed by atoms with E-state index in [9.17, 15) is 9.59 Å². The maximum absolute atomic E-state index is 11.2. The van der Waals surface area contributed by atoms with Gasteiger partial charge < -0.3 is 38.3 Å². The zero-order valence-electron chi connectivity index (χ0n) is 18.6. The minimum absolute atomic E-state index is 0.0718. The van der Waals surface area contributed by atoms with E-state index in [1.54, 1.807) is 0 Å². The van der Waals surface area contributed by atoms with Crippen molar-refractivity contribution in [1.82, 2.24) is 0 Å². The predicted octanol–water partition coefficient (Wildman–Crippen LogP) is 0.591. The first-order valence-electron chi connectivity index (χ1n) is 9.63. The van der Waals surface area contributed by atoms with Gasteiger partial charge in [-0.15, -0.1) is 0 Å². The quantitative estimate of drug-likeness (QED) is 0.303. The first-order chi connectivity index (χ1) is 15.0. The Labute approximate surface area is 183 Å². The van der Waals surface area contributed by atoms with Crippen molar-refractivity contribution in [2.45, 2.75) is 18.8 Å². The Bertz CT molecular complexity index is 567. The van der Waals surface area contributed by atoms with Crippen molar-refractivity contribution in [3.05, 3.63) is 35.9 Å². The van der Waals surface area contributed by atoms with Gasteiger partial charge in [0.05, 0.1) is 60.5 Å². The number of methoxy groups -OCH3 is 4. The number of ether oxygens (including phenoxy) is 7. The highest BCUT2D eigenvalue weighted by Gasteiger charge is 2.18. The van der Waals surface area contributed by atoms with Gasteiger partial charge >= 0.3 is 11.9 Å². The van der Waals surface area contributed by atoms with Crippen molar-refractivity contribution in [2.24, 2.45) is 0 Å². The standard InChI is InChI=1S/C14H20O5.C7H14O5/c1-16-13(14(15)17-2)11-19-9-8-18-10-12-6-4-3-5-7-12;1-10-6(7(9)11-2)5-12-4-3-8/h3-7,13H,8-11H2,1-2H3;6,8H,3-5H2,1-2H3. The van der Waals surface area contributed by atoms with E-state index in [0.717, 1.165) is 5.56 Å². The molecule has 1 aromatic rings. The predicted molar refractivity (Wildman–Crippen MR) is 110 cm³/mol. The maximum atomic E-state index is 11.2. The van der Waals surface area contributed by atoms with Crippen LogP contribution in [0.4, 0.5) is 0 Å². The van der Waals surface area contributed by atoms with Crippen LogP contribution < -0.4 is 0 Å².